The van der Waals surface area contributed by atoms with Gasteiger partial charge >= 0.3 is 0 Å². The Morgan fingerprint density at radius 2 is 1.61 bits per heavy atom. The van der Waals surface area contributed by atoms with Crippen LogP contribution in [0.25, 0.3) is 0 Å². The van der Waals surface area contributed by atoms with Gasteiger partial charge < -0.3 is 9.80 Å². The maximum absolute atomic E-state index is 11.0. The van der Waals surface area contributed by atoms with Crippen LogP contribution in [0.4, 0.5) is 10.5 Å². The van der Waals surface area contributed by atoms with Gasteiger partial charge in [-0.25, -0.2) is 0 Å². The van der Waals surface area contributed by atoms with Gasteiger partial charge in [0, 0.05) is 37.4 Å². The number of carbonyl (C=O) groups is 2. The van der Waals surface area contributed by atoms with Crippen molar-refractivity contribution in [2.24, 2.45) is 0 Å². The Balaban J connectivity index is 2.01. The van der Waals surface area contributed by atoms with E-state index in [-0.39, 0.29) is 5.81 Å². The van der Waals surface area contributed by atoms with E-state index < -0.39 is 5.24 Å². The first kappa shape index (κ1) is 13.0. The molecule has 6 heteroatoms. The first-order chi connectivity index (χ1) is 8.58. The highest BCUT2D eigenvalue weighted by molar-refractivity contribution is 6.67. The van der Waals surface area contributed by atoms with Crippen LogP contribution < -0.4 is 4.90 Å². The number of nitrogens with zero attached hydrogens (tertiary/aromatic N) is 2. The fourth-order valence-electron chi connectivity index (χ4n) is 1.99. The molecule has 1 aliphatic heterocycles. The van der Waals surface area contributed by atoms with Gasteiger partial charge in [-0.1, -0.05) is 0 Å². The Bertz CT molecular complexity index is 456. The van der Waals surface area contributed by atoms with Crippen molar-refractivity contribution >= 4 is 36.2 Å². The van der Waals surface area contributed by atoms with E-state index in [2.05, 4.69) is 4.90 Å². The van der Waals surface area contributed by atoms with Crippen LogP contribution in [0.15, 0.2) is 24.3 Å². The summed E-state index contributed by atoms with van der Waals surface area (Å²) in [5, 5.41) is -0.458. The third kappa shape index (κ3) is 2.85. The highest BCUT2D eigenvalue weighted by Gasteiger charge is 2.18. The minimum atomic E-state index is -0.458. The molecule has 0 spiro atoms. The van der Waals surface area contributed by atoms with Gasteiger partial charge in [-0.05, 0) is 35.9 Å². The van der Waals surface area contributed by atoms with E-state index in [9.17, 15) is 9.59 Å². The predicted molar refractivity (Wildman–Crippen MR) is 71.6 cm³/mol. The van der Waals surface area contributed by atoms with Crippen molar-refractivity contribution < 1.29 is 9.59 Å². The molecule has 0 aliphatic carbocycles. The summed E-state index contributed by atoms with van der Waals surface area (Å²) in [4.78, 5) is 25.7. The average Bonchev–Trinajstić information content (AvgIpc) is 2.39. The number of carbonyl (C=O) groups excluding carboxylic acids is 2. The van der Waals surface area contributed by atoms with E-state index in [0.29, 0.717) is 18.7 Å². The summed E-state index contributed by atoms with van der Waals surface area (Å²) in [6, 6.07) is 7.11. The van der Waals surface area contributed by atoms with Gasteiger partial charge in [0.05, 0.1) is 0 Å². The fourth-order valence-corrected chi connectivity index (χ4v) is 2.11. The van der Waals surface area contributed by atoms with Gasteiger partial charge in [0.2, 0.25) is 7.85 Å². The molecule has 0 bridgehead atoms. The minimum Gasteiger partial charge on any atom is -0.368 e. The number of piperazine rings is 1. The Labute approximate surface area is 112 Å². The fraction of sp³-hybridized carbons (Fsp3) is 0.333. The molecular formula is C12H12BClN2O2. The molecule has 92 valence electrons. The van der Waals surface area contributed by atoms with E-state index >= 15 is 0 Å². The first-order valence-corrected chi connectivity index (χ1v) is 6.05. The van der Waals surface area contributed by atoms with Crippen LogP contribution in [0.2, 0.25) is 0 Å². The SMILES string of the molecule is [B]C(=O)N1CCN(c2ccc(C(=O)Cl)cc2)CC1. The van der Waals surface area contributed by atoms with Gasteiger partial charge in [-0.15, -0.1) is 0 Å². The van der Waals surface area contributed by atoms with Crippen LogP contribution in [0.5, 0.6) is 0 Å². The second-order valence-corrected chi connectivity index (χ2v) is 4.48. The molecule has 1 saturated heterocycles. The zero-order valence-electron chi connectivity index (χ0n) is 9.80. The van der Waals surface area contributed by atoms with Gasteiger partial charge in [0.1, 0.15) is 0 Å². The van der Waals surface area contributed by atoms with E-state index in [1.807, 2.05) is 12.1 Å². The summed E-state index contributed by atoms with van der Waals surface area (Å²) in [6.07, 6.45) is 0. The van der Waals surface area contributed by atoms with Crippen molar-refractivity contribution in [1.82, 2.24) is 4.90 Å². The van der Waals surface area contributed by atoms with Crippen molar-refractivity contribution in [2.45, 2.75) is 0 Å². The molecule has 1 aromatic rings. The largest absolute Gasteiger partial charge is 0.368 e. The molecule has 0 unspecified atom stereocenters. The maximum atomic E-state index is 11.0. The molecule has 2 radical (unpaired) electrons. The molecule has 1 aromatic carbocycles. The minimum absolute atomic E-state index is 0.377. The molecule has 0 N–H and O–H groups in total. The second-order valence-electron chi connectivity index (χ2n) is 4.13. The van der Waals surface area contributed by atoms with Crippen LogP contribution in [-0.4, -0.2) is 50.0 Å². The summed E-state index contributed by atoms with van der Waals surface area (Å²) < 4.78 is 0. The van der Waals surface area contributed by atoms with Crippen molar-refractivity contribution in [3.05, 3.63) is 29.8 Å². The van der Waals surface area contributed by atoms with Gasteiger partial charge in [0.25, 0.3) is 5.24 Å². The van der Waals surface area contributed by atoms with E-state index in [1.165, 1.54) is 0 Å². The zero-order chi connectivity index (χ0) is 13.1. The molecule has 0 aromatic heterocycles. The molecule has 1 fully saturated rings. The van der Waals surface area contributed by atoms with Crippen LogP contribution in [-0.2, 0) is 0 Å². The van der Waals surface area contributed by atoms with Crippen LogP contribution in [0, 0.1) is 0 Å². The monoisotopic (exact) mass is 262 g/mol. The van der Waals surface area contributed by atoms with E-state index in [0.717, 1.165) is 18.8 Å². The summed E-state index contributed by atoms with van der Waals surface area (Å²) in [5.41, 5.74) is 1.50. The number of halogens is 1. The molecule has 0 saturated carbocycles. The number of anilines is 1. The molecule has 1 heterocycles. The molecule has 1 amide bonds. The average molecular weight is 263 g/mol. The van der Waals surface area contributed by atoms with Crippen LogP contribution >= 0.6 is 11.6 Å². The number of hydrogen-bond donors (Lipinski definition) is 0. The summed E-state index contributed by atoms with van der Waals surface area (Å²) in [5.74, 6) is -0.377. The lowest BCUT2D eigenvalue weighted by Gasteiger charge is -2.36. The van der Waals surface area contributed by atoms with Gasteiger partial charge in [0.15, 0.2) is 5.81 Å². The third-order valence-electron chi connectivity index (χ3n) is 3.05. The lowest BCUT2D eigenvalue weighted by atomic mass is 10.1. The smallest absolute Gasteiger partial charge is 0.252 e. The van der Waals surface area contributed by atoms with Crippen LogP contribution in [0.3, 0.4) is 0 Å². The Morgan fingerprint density at radius 1 is 1.06 bits per heavy atom. The highest BCUT2D eigenvalue weighted by Crippen LogP contribution is 2.18. The zero-order valence-corrected chi connectivity index (χ0v) is 10.6. The lowest BCUT2D eigenvalue weighted by Crippen LogP contribution is -2.48. The van der Waals surface area contributed by atoms with Crippen molar-refractivity contribution in [3.8, 4) is 0 Å². The van der Waals surface area contributed by atoms with Gasteiger partial charge in [-0.2, -0.15) is 0 Å². The topological polar surface area (TPSA) is 40.6 Å². The van der Waals surface area contributed by atoms with Gasteiger partial charge in [-0.3, -0.25) is 9.59 Å². The third-order valence-corrected chi connectivity index (χ3v) is 3.27. The first-order valence-electron chi connectivity index (χ1n) is 5.67. The number of amides is 1. The maximum Gasteiger partial charge on any atom is 0.252 e. The summed E-state index contributed by atoms with van der Waals surface area (Å²) in [7, 11) is 5.22. The predicted octanol–water partition coefficient (Wildman–Crippen LogP) is 1.48. The summed E-state index contributed by atoms with van der Waals surface area (Å²) >= 11 is 5.38. The quantitative estimate of drug-likeness (QED) is 0.599. The summed E-state index contributed by atoms with van der Waals surface area (Å²) in [6.45, 7) is 2.70. The van der Waals surface area contributed by atoms with E-state index in [4.69, 9.17) is 19.4 Å². The van der Waals surface area contributed by atoms with E-state index in [1.54, 1.807) is 17.0 Å². The van der Waals surface area contributed by atoms with Crippen molar-refractivity contribution in [3.63, 3.8) is 0 Å². The lowest BCUT2D eigenvalue weighted by molar-refractivity contribution is 0.108. The Hall–Kier alpha value is -1.49. The van der Waals surface area contributed by atoms with Crippen molar-refractivity contribution in [1.29, 1.82) is 0 Å². The number of hydrogen-bond acceptors (Lipinski definition) is 3. The van der Waals surface area contributed by atoms with Crippen LogP contribution in [0.1, 0.15) is 10.4 Å². The molecule has 18 heavy (non-hydrogen) atoms. The number of benzene rings is 1. The highest BCUT2D eigenvalue weighted by atomic mass is 35.5. The molecule has 0 atom stereocenters. The molecule has 4 nitrogen and oxygen atoms in total. The number of rotatable bonds is 2. The Kier molecular flexibility index (Phi) is 3.92. The molecule has 2 rings (SSSR count). The van der Waals surface area contributed by atoms with Crippen molar-refractivity contribution in [2.75, 3.05) is 31.1 Å². The second kappa shape index (κ2) is 5.44. The Morgan fingerprint density at radius 3 is 2.06 bits per heavy atom. The normalized spacial score (nSPS) is 15.6. The molecular weight excluding hydrogens is 250 g/mol. The molecule has 1 aliphatic rings. The standard InChI is InChI=1S/C12H12BClN2O2/c13-12(18)16-7-5-15(6-8-16)10-3-1-9(2-4-10)11(14)17/h1-4H,5-8H2.